The summed E-state index contributed by atoms with van der Waals surface area (Å²) in [5.41, 5.74) is 1.79. The van der Waals surface area contributed by atoms with Crippen LogP contribution in [0.3, 0.4) is 0 Å². The summed E-state index contributed by atoms with van der Waals surface area (Å²) in [5.74, 6) is -2.83. The third-order valence-electron chi connectivity index (χ3n) is 8.11. The third kappa shape index (κ3) is 8.69. The third-order valence-corrected chi connectivity index (χ3v) is 8.11. The Morgan fingerprint density at radius 1 is 0.889 bits per heavy atom. The number of Topliss-reactive ketones (excluding diaryl/α,β-unsaturated/α-hetero) is 1. The van der Waals surface area contributed by atoms with E-state index >= 15 is 0 Å². The van der Waals surface area contributed by atoms with Crippen molar-refractivity contribution in [1.29, 1.82) is 0 Å². The van der Waals surface area contributed by atoms with Crippen LogP contribution in [0.5, 0.6) is 5.75 Å². The highest BCUT2D eigenvalue weighted by Gasteiger charge is 2.49. The van der Waals surface area contributed by atoms with E-state index in [1.807, 2.05) is 36.4 Å². The van der Waals surface area contributed by atoms with Crippen LogP contribution < -0.4 is 15.2 Å². The Hall–Kier alpha value is -4.71. The highest BCUT2D eigenvalue weighted by Crippen LogP contribution is 2.36. The van der Waals surface area contributed by atoms with Gasteiger partial charge < -0.3 is 29.2 Å². The van der Waals surface area contributed by atoms with Crippen LogP contribution in [-0.4, -0.2) is 73.7 Å². The van der Waals surface area contributed by atoms with Crippen molar-refractivity contribution >= 4 is 23.6 Å². The van der Waals surface area contributed by atoms with Crippen molar-refractivity contribution in [3.8, 4) is 5.75 Å². The van der Waals surface area contributed by atoms with Gasteiger partial charge in [0.15, 0.2) is 12.1 Å². The number of hydrogen-bond acceptors (Lipinski definition) is 7. The van der Waals surface area contributed by atoms with Crippen LogP contribution >= 0.6 is 0 Å². The lowest BCUT2D eigenvalue weighted by Gasteiger charge is -2.51. The minimum atomic E-state index is -5.19. The first kappa shape index (κ1) is 33.2. The van der Waals surface area contributed by atoms with Gasteiger partial charge in [0.25, 0.3) is 5.91 Å². The second kappa shape index (κ2) is 14.4. The SMILES string of the molecule is COc1ccc(C(NC(=O)c2ccccc2)C(=O)O[C@H]2C[N+]3(CC(=O)c4ccccc4)CCC2CC3)cc1.O=C([O-])C(F)(F)F. The van der Waals surface area contributed by atoms with Crippen molar-refractivity contribution in [2.24, 2.45) is 5.92 Å². The van der Waals surface area contributed by atoms with Crippen molar-refractivity contribution in [3.05, 3.63) is 102 Å². The second-order valence-electron chi connectivity index (χ2n) is 11.1. The smallest absolute Gasteiger partial charge is 0.430 e. The monoisotopic (exact) mass is 626 g/mol. The Bertz CT molecular complexity index is 1470. The van der Waals surface area contributed by atoms with Crippen molar-refractivity contribution in [2.75, 3.05) is 33.3 Å². The number of methoxy groups -OCH3 is 1. The quantitative estimate of drug-likeness (QED) is 0.219. The zero-order chi connectivity index (χ0) is 32.6. The Morgan fingerprint density at radius 3 is 1.93 bits per heavy atom. The molecule has 0 radical (unpaired) electrons. The van der Waals surface area contributed by atoms with Crippen LogP contribution in [0.25, 0.3) is 0 Å². The first-order chi connectivity index (χ1) is 21.4. The fraction of sp³-hybridized carbons (Fsp3) is 0.333. The van der Waals surface area contributed by atoms with Gasteiger partial charge in [-0.25, -0.2) is 4.79 Å². The molecule has 6 rings (SSSR count). The Morgan fingerprint density at radius 2 is 1.42 bits per heavy atom. The Balaban J connectivity index is 0.000000591. The molecule has 3 fully saturated rings. The van der Waals surface area contributed by atoms with Crippen LogP contribution in [0.4, 0.5) is 13.2 Å². The van der Waals surface area contributed by atoms with Crippen LogP contribution in [0.2, 0.25) is 0 Å². The molecule has 3 aromatic rings. The van der Waals surface area contributed by atoms with E-state index in [-0.39, 0.29) is 23.7 Å². The van der Waals surface area contributed by atoms with Gasteiger partial charge in [0.05, 0.1) is 20.2 Å². The highest BCUT2D eigenvalue weighted by molar-refractivity contribution is 5.97. The molecule has 3 saturated heterocycles. The molecule has 1 N–H and O–H groups in total. The number of ketones is 1. The van der Waals surface area contributed by atoms with Gasteiger partial charge in [-0.2, -0.15) is 13.2 Å². The summed E-state index contributed by atoms with van der Waals surface area (Å²) in [6.45, 7) is 2.82. The average molecular weight is 627 g/mol. The van der Waals surface area contributed by atoms with Gasteiger partial charge in [0.1, 0.15) is 24.8 Å². The minimum absolute atomic E-state index is 0.113. The molecular formula is C33H33F3N2O7. The molecule has 45 heavy (non-hydrogen) atoms. The summed E-state index contributed by atoms with van der Waals surface area (Å²) in [4.78, 5) is 48.4. The summed E-state index contributed by atoms with van der Waals surface area (Å²) in [7, 11) is 1.58. The lowest BCUT2D eigenvalue weighted by molar-refractivity contribution is -0.938. The number of quaternary nitrogens is 1. The molecule has 1 amide bonds. The topological polar surface area (TPSA) is 122 Å². The van der Waals surface area contributed by atoms with Gasteiger partial charge in [-0.15, -0.1) is 0 Å². The number of carbonyl (C=O) groups excluding carboxylic acids is 4. The lowest BCUT2D eigenvalue weighted by Crippen LogP contribution is -2.66. The van der Waals surface area contributed by atoms with Gasteiger partial charge in [-0.1, -0.05) is 60.7 Å². The first-order valence-corrected chi connectivity index (χ1v) is 14.3. The average Bonchev–Trinajstić information content (AvgIpc) is 3.04. The molecular weight excluding hydrogens is 593 g/mol. The molecule has 0 spiro atoms. The largest absolute Gasteiger partial charge is 0.542 e. The zero-order valence-corrected chi connectivity index (χ0v) is 24.5. The van der Waals surface area contributed by atoms with E-state index in [0.29, 0.717) is 40.0 Å². The number of nitrogens with zero attached hydrogens (tertiary/aromatic N) is 1. The molecule has 3 heterocycles. The van der Waals surface area contributed by atoms with Gasteiger partial charge in [-0.05, 0) is 29.8 Å². The summed E-state index contributed by atoms with van der Waals surface area (Å²) < 4.78 is 43.6. The van der Waals surface area contributed by atoms with Gasteiger partial charge in [0, 0.05) is 29.9 Å². The van der Waals surface area contributed by atoms with Crippen molar-refractivity contribution < 1.29 is 51.4 Å². The number of amides is 1. The van der Waals surface area contributed by atoms with Crippen LogP contribution in [-0.2, 0) is 14.3 Å². The van der Waals surface area contributed by atoms with Crippen molar-refractivity contribution in [1.82, 2.24) is 5.32 Å². The summed E-state index contributed by atoms with van der Waals surface area (Å²) in [6.07, 6.45) is -3.68. The maximum Gasteiger partial charge on any atom is 0.430 e. The maximum absolute atomic E-state index is 13.6. The number of hydrogen-bond donors (Lipinski definition) is 1. The van der Waals surface area contributed by atoms with Crippen molar-refractivity contribution in [3.63, 3.8) is 0 Å². The second-order valence-corrected chi connectivity index (χ2v) is 11.1. The Kier molecular flexibility index (Phi) is 10.6. The molecule has 0 aromatic heterocycles. The van der Waals surface area contributed by atoms with Crippen LogP contribution in [0.1, 0.15) is 45.2 Å². The number of aliphatic carboxylic acids is 1. The molecule has 12 heteroatoms. The van der Waals surface area contributed by atoms with Crippen molar-refractivity contribution in [2.45, 2.75) is 31.2 Å². The first-order valence-electron chi connectivity index (χ1n) is 14.3. The number of halogens is 3. The maximum atomic E-state index is 13.6. The van der Waals surface area contributed by atoms with E-state index < -0.39 is 24.2 Å². The molecule has 3 aliphatic heterocycles. The highest BCUT2D eigenvalue weighted by atomic mass is 19.4. The fourth-order valence-electron chi connectivity index (χ4n) is 5.69. The summed E-state index contributed by atoms with van der Waals surface area (Å²) >= 11 is 0. The predicted molar refractivity (Wildman–Crippen MR) is 154 cm³/mol. The number of esters is 1. The standard InChI is InChI=1S/C31H32N2O5.C2HF3O2/c1-37-26-14-12-24(13-15-26)29(32-30(35)25-10-6-3-7-11-25)31(36)38-28-21-33(18-16-23(28)17-19-33)20-27(34)22-8-4-2-5-9-22;3-2(4,5)1(6)7/h2-15,23,28-29H,16-21H2,1H3;(H,6,7)/t23?,28-,29?,33?;/m0./s1. The normalized spacial score (nSPS) is 21.0. The minimum Gasteiger partial charge on any atom is -0.542 e. The van der Waals surface area contributed by atoms with E-state index in [0.717, 1.165) is 25.9 Å². The molecule has 0 aliphatic carbocycles. The number of alkyl halides is 3. The van der Waals surface area contributed by atoms with Gasteiger partial charge in [0.2, 0.25) is 5.78 Å². The number of piperidine rings is 3. The van der Waals surface area contributed by atoms with Crippen LogP contribution in [0, 0.1) is 5.92 Å². The predicted octanol–water partition coefficient (Wildman–Crippen LogP) is 3.50. The molecule has 9 nitrogen and oxygen atoms in total. The molecule has 0 saturated carbocycles. The van der Waals surface area contributed by atoms with Gasteiger partial charge >= 0.3 is 12.1 Å². The molecule has 238 valence electrons. The van der Waals surface area contributed by atoms with E-state index in [4.69, 9.17) is 19.4 Å². The van der Waals surface area contributed by atoms with E-state index in [9.17, 15) is 27.6 Å². The number of ether oxygens (including phenoxy) is 2. The number of carbonyl (C=O) groups is 4. The van der Waals surface area contributed by atoms with Crippen LogP contribution in [0.15, 0.2) is 84.9 Å². The summed E-state index contributed by atoms with van der Waals surface area (Å²) in [5, 5.41) is 11.7. The number of carboxylic acid groups (broad SMARTS) is 1. The molecule has 2 bridgehead atoms. The Labute approximate surface area is 258 Å². The lowest BCUT2D eigenvalue weighted by atomic mass is 9.82. The molecule has 2 atom stereocenters. The fourth-order valence-corrected chi connectivity index (χ4v) is 5.69. The van der Waals surface area contributed by atoms with Gasteiger partial charge in [-0.3, -0.25) is 9.59 Å². The number of carboxylic acids is 1. The number of benzene rings is 3. The summed E-state index contributed by atoms with van der Waals surface area (Å²) in [6, 6.07) is 24.2. The molecule has 3 aliphatic rings. The number of fused-ring (bicyclic) bond motifs is 3. The van der Waals surface area contributed by atoms with E-state index in [1.54, 1.807) is 55.6 Å². The number of rotatable bonds is 9. The van der Waals surface area contributed by atoms with E-state index in [1.165, 1.54) is 0 Å². The molecule has 1 unspecified atom stereocenters. The van der Waals surface area contributed by atoms with E-state index in [2.05, 4.69) is 5.32 Å². The number of nitrogens with one attached hydrogen (secondary N) is 1. The zero-order valence-electron chi connectivity index (χ0n) is 24.5. The molecule has 3 aromatic carbocycles.